The Kier molecular flexibility index (Phi) is 5.50. The Labute approximate surface area is 191 Å². The summed E-state index contributed by atoms with van der Waals surface area (Å²) in [5, 5.41) is 9.05. The number of likely N-dealkylation sites (tertiary alicyclic amines) is 1. The molecule has 0 radical (unpaired) electrons. The third kappa shape index (κ3) is 3.84. The average Bonchev–Trinajstić information content (AvgIpc) is 3.29. The Balaban J connectivity index is 1.30. The summed E-state index contributed by atoms with van der Waals surface area (Å²) in [5.74, 6) is -0.227. The van der Waals surface area contributed by atoms with Crippen LogP contribution in [0.25, 0.3) is 0 Å². The zero-order chi connectivity index (χ0) is 23.5. The van der Waals surface area contributed by atoms with E-state index in [-0.39, 0.29) is 36.8 Å². The number of carbonyl (C=O) groups excluding carboxylic acids is 1. The number of carbonyl (C=O) groups is 2. The standard InChI is InChI=1S/C25H31F3N2O3/c1-15-21-12-17-2-3-19(25(26,27)28)11-18(17)14-30(21)23(33)24(15)7-4-20(13-24)29-8-5-16(6-9-29)10-22(31)32/h2-3,11,15-16,20-21H,4-10,12-14H2,1H3,(H,31,32). The fourth-order valence-electron chi connectivity index (χ4n) is 7.04. The summed E-state index contributed by atoms with van der Waals surface area (Å²) in [6, 6.07) is 4.33. The van der Waals surface area contributed by atoms with Gasteiger partial charge in [0.25, 0.3) is 0 Å². The molecule has 1 amide bonds. The van der Waals surface area contributed by atoms with Crippen molar-refractivity contribution in [3.63, 3.8) is 0 Å². The Bertz CT molecular complexity index is 957. The van der Waals surface area contributed by atoms with E-state index in [9.17, 15) is 22.8 Å². The maximum atomic E-state index is 13.7. The first-order valence-corrected chi connectivity index (χ1v) is 12.0. The van der Waals surface area contributed by atoms with E-state index < -0.39 is 23.1 Å². The van der Waals surface area contributed by atoms with E-state index in [1.807, 2.05) is 4.90 Å². The van der Waals surface area contributed by atoms with Crippen LogP contribution in [0.5, 0.6) is 0 Å². The molecular formula is C25H31F3N2O3. The fraction of sp³-hybridized carbons (Fsp3) is 0.680. The lowest BCUT2D eigenvalue weighted by Gasteiger charge is -2.36. The molecule has 1 saturated carbocycles. The van der Waals surface area contributed by atoms with Crippen molar-refractivity contribution in [1.82, 2.24) is 9.80 Å². The highest BCUT2D eigenvalue weighted by Gasteiger charge is 2.60. The third-order valence-electron chi connectivity index (χ3n) is 8.99. The van der Waals surface area contributed by atoms with Crippen LogP contribution >= 0.6 is 0 Å². The summed E-state index contributed by atoms with van der Waals surface area (Å²) in [4.78, 5) is 29.0. The second-order valence-electron chi connectivity index (χ2n) is 10.6. The average molecular weight is 465 g/mol. The van der Waals surface area contributed by atoms with E-state index in [2.05, 4.69) is 11.8 Å². The van der Waals surface area contributed by atoms with Crippen LogP contribution in [-0.2, 0) is 28.7 Å². The molecule has 1 aromatic rings. The molecule has 3 heterocycles. The van der Waals surface area contributed by atoms with Gasteiger partial charge in [-0.2, -0.15) is 13.2 Å². The van der Waals surface area contributed by atoms with Crippen LogP contribution in [0.4, 0.5) is 13.2 Å². The van der Waals surface area contributed by atoms with Crippen molar-refractivity contribution in [1.29, 1.82) is 0 Å². The van der Waals surface area contributed by atoms with Crippen molar-refractivity contribution in [2.45, 2.75) is 76.7 Å². The van der Waals surface area contributed by atoms with Gasteiger partial charge in [-0.1, -0.05) is 13.0 Å². The van der Waals surface area contributed by atoms with Crippen LogP contribution in [0.3, 0.4) is 0 Å². The van der Waals surface area contributed by atoms with Gasteiger partial charge < -0.3 is 14.9 Å². The normalized spacial score (nSPS) is 32.9. The zero-order valence-electron chi connectivity index (χ0n) is 18.9. The molecule has 0 bridgehead atoms. The van der Waals surface area contributed by atoms with E-state index in [1.54, 1.807) is 6.07 Å². The van der Waals surface area contributed by atoms with Crippen LogP contribution < -0.4 is 0 Å². The quantitative estimate of drug-likeness (QED) is 0.723. The Morgan fingerprint density at radius 2 is 1.91 bits per heavy atom. The SMILES string of the molecule is CC1C2Cc3ccc(C(F)(F)F)cc3CN2C(=O)C12CCC(N1CCC(CC(=O)O)CC1)C2. The summed E-state index contributed by atoms with van der Waals surface area (Å²) in [6.07, 6.45) is 0.795. The lowest BCUT2D eigenvalue weighted by molar-refractivity contribution is -0.139. The van der Waals surface area contributed by atoms with E-state index >= 15 is 0 Å². The molecule has 3 aliphatic heterocycles. The summed E-state index contributed by atoms with van der Waals surface area (Å²) in [7, 11) is 0. The van der Waals surface area contributed by atoms with Crippen LogP contribution in [0, 0.1) is 17.3 Å². The van der Waals surface area contributed by atoms with E-state index in [0.29, 0.717) is 18.0 Å². The zero-order valence-corrected chi connectivity index (χ0v) is 18.9. The molecule has 1 aliphatic carbocycles. The van der Waals surface area contributed by atoms with Crippen LogP contribution in [0.1, 0.15) is 62.1 Å². The highest BCUT2D eigenvalue weighted by atomic mass is 19.4. The first kappa shape index (κ1) is 22.7. The monoisotopic (exact) mass is 464 g/mol. The first-order valence-electron chi connectivity index (χ1n) is 12.0. The molecule has 8 heteroatoms. The van der Waals surface area contributed by atoms with E-state index in [1.165, 1.54) is 6.07 Å². The van der Waals surface area contributed by atoms with Crippen molar-refractivity contribution in [2.75, 3.05) is 13.1 Å². The molecule has 4 atom stereocenters. The van der Waals surface area contributed by atoms with Crippen molar-refractivity contribution < 1.29 is 27.9 Å². The van der Waals surface area contributed by atoms with Crippen LogP contribution in [0.2, 0.25) is 0 Å². The number of piperidine rings is 1. The molecule has 1 N–H and O–H groups in total. The topological polar surface area (TPSA) is 60.9 Å². The molecule has 3 fully saturated rings. The maximum absolute atomic E-state index is 13.7. The molecule has 33 heavy (non-hydrogen) atoms. The molecule has 1 spiro atoms. The number of carboxylic acid groups (broad SMARTS) is 1. The number of rotatable bonds is 3. The smallest absolute Gasteiger partial charge is 0.416 e. The second kappa shape index (κ2) is 8.00. The Morgan fingerprint density at radius 1 is 1.18 bits per heavy atom. The van der Waals surface area contributed by atoms with E-state index in [0.717, 1.165) is 56.8 Å². The molecule has 5 rings (SSSR count). The number of hydrogen-bond donors (Lipinski definition) is 1. The largest absolute Gasteiger partial charge is 0.481 e. The fourth-order valence-corrected chi connectivity index (χ4v) is 7.04. The number of halogens is 3. The van der Waals surface area contributed by atoms with Gasteiger partial charge in [0, 0.05) is 25.0 Å². The number of alkyl halides is 3. The lowest BCUT2D eigenvalue weighted by atomic mass is 9.73. The van der Waals surface area contributed by atoms with Gasteiger partial charge in [0.1, 0.15) is 0 Å². The predicted molar refractivity (Wildman–Crippen MR) is 115 cm³/mol. The number of amides is 1. The van der Waals surface area contributed by atoms with Crippen LogP contribution in [-0.4, -0.2) is 52.0 Å². The summed E-state index contributed by atoms with van der Waals surface area (Å²) in [5.41, 5.74) is 0.466. The Hall–Kier alpha value is -2.09. The summed E-state index contributed by atoms with van der Waals surface area (Å²) >= 11 is 0. The maximum Gasteiger partial charge on any atom is 0.416 e. The molecule has 0 aromatic heterocycles. The van der Waals surface area contributed by atoms with Gasteiger partial charge in [-0.15, -0.1) is 0 Å². The number of carboxylic acids is 1. The van der Waals surface area contributed by atoms with Crippen molar-refractivity contribution in [3.8, 4) is 0 Å². The minimum absolute atomic E-state index is 0.0433. The molecule has 5 nitrogen and oxygen atoms in total. The first-order chi connectivity index (χ1) is 15.6. The number of hydrogen-bond acceptors (Lipinski definition) is 3. The molecule has 1 aromatic carbocycles. The van der Waals surface area contributed by atoms with Gasteiger partial charge in [-0.05, 0) is 86.7 Å². The molecule has 2 saturated heterocycles. The Morgan fingerprint density at radius 3 is 2.58 bits per heavy atom. The number of benzene rings is 1. The highest BCUT2D eigenvalue weighted by molar-refractivity contribution is 5.87. The molecular weight excluding hydrogens is 433 g/mol. The molecule has 4 unspecified atom stereocenters. The lowest BCUT2D eigenvalue weighted by Crippen LogP contribution is -2.42. The third-order valence-corrected chi connectivity index (χ3v) is 8.99. The van der Waals surface area contributed by atoms with Crippen molar-refractivity contribution in [2.24, 2.45) is 17.3 Å². The van der Waals surface area contributed by atoms with Crippen molar-refractivity contribution >= 4 is 11.9 Å². The van der Waals surface area contributed by atoms with Gasteiger partial charge >= 0.3 is 12.1 Å². The van der Waals surface area contributed by atoms with Crippen molar-refractivity contribution in [3.05, 3.63) is 34.9 Å². The van der Waals surface area contributed by atoms with Gasteiger partial charge in [0.2, 0.25) is 5.91 Å². The second-order valence-corrected chi connectivity index (χ2v) is 10.6. The summed E-state index contributed by atoms with van der Waals surface area (Å²) < 4.78 is 39.6. The number of fused-ring (bicyclic) bond motifs is 2. The predicted octanol–water partition coefficient (Wildman–Crippen LogP) is 4.33. The minimum Gasteiger partial charge on any atom is -0.481 e. The molecule has 180 valence electrons. The summed E-state index contributed by atoms with van der Waals surface area (Å²) in [6.45, 7) is 4.17. The highest BCUT2D eigenvalue weighted by Crippen LogP contribution is 2.55. The van der Waals surface area contributed by atoms with E-state index in [4.69, 9.17) is 5.11 Å². The van der Waals surface area contributed by atoms with Crippen LogP contribution in [0.15, 0.2) is 18.2 Å². The van der Waals surface area contributed by atoms with Gasteiger partial charge in [0.05, 0.1) is 11.0 Å². The van der Waals surface area contributed by atoms with Gasteiger partial charge in [-0.25, -0.2) is 0 Å². The number of aliphatic carboxylic acids is 1. The number of nitrogens with zero attached hydrogens (tertiary/aromatic N) is 2. The van der Waals surface area contributed by atoms with Gasteiger partial charge in [0.15, 0.2) is 0 Å². The minimum atomic E-state index is -4.38. The van der Waals surface area contributed by atoms with Gasteiger partial charge in [-0.3, -0.25) is 9.59 Å². The molecule has 4 aliphatic rings.